The summed E-state index contributed by atoms with van der Waals surface area (Å²) >= 11 is 0. The van der Waals surface area contributed by atoms with E-state index in [4.69, 9.17) is 9.40 Å². The lowest BCUT2D eigenvalue weighted by molar-refractivity contribution is -0.114. The van der Waals surface area contributed by atoms with Crippen LogP contribution >= 0.6 is 0 Å². The molecule has 1 aliphatic rings. The molecule has 0 spiro atoms. The predicted octanol–water partition coefficient (Wildman–Crippen LogP) is 6.86. The Morgan fingerprint density at radius 3 is 2.67 bits per heavy atom. The van der Waals surface area contributed by atoms with E-state index in [9.17, 15) is 4.79 Å². The predicted molar refractivity (Wildman–Crippen MR) is 121 cm³/mol. The Labute approximate surface area is 173 Å². The van der Waals surface area contributed by atoms with Crippen LogP contribution in [0.25, 0.3) is 49.5 Å². The van der Waals surface area contributed by atoms with Gasteiger partial charge in [0.1, 0.15) is 11.2 Å². The van der Waals surface area contributed by atoms with Crippen LogP contribution < -0.4 is 0 Å². The first-order valence-electron chi connectivity index (χ1n) is 10.2. The molecule has 0 N–H and O–H groups in total. The molecule has 2 heterocycles. The van der Waals surface area contributed by atoms with Crippen molar-refractivity contribution in [2.24, 2.45) is 0 Å². The van der Waals surface area contributed by atoms with Crippen molar-refractivity contribution in [2.45, 2.75) is 19.8 Å². The molecule has 0 unspecified atom stereocenters. The van der Waals surface area contributed by atoms with Crippen LogP contribution in [0.1, 0.15) is 24.0 Å². The van der Waals surface area contributed by atoms with E-state index in [1.807, 2.05) is 30.5 Å². The average molecular weight is 389 g/mol. The number of ketones is 1. The summed E-state index contributed by atoms with van der Waals surface area (Å²) in [6.07, 6.45) is 5.07. The summed E-state index contributed by atoms with van der Waals surface area (Å²) in [5, 5.41) is 4.44. The van der Waals surface area contributed by atoms with Gasteiger partial charge in [-0.2, -0.15) is 0 Å². The number of furan rings is 1. The van der Waals surface area contributed by atoms with Crippen molar-refractivity contribution in [1.29, 1.82) is 0 Å². The molecule has 0 aliphatic heterocycles. The zero-order valence-electron chi connectivity index (χ0n) is 16.6. The second kappa shape index (κ2) is 6.39. The molecule has 0 amide bonds. The maximum atomic E-state index is 11.7. The van der Waals surface area contributed by atoms with E-state index in [-0.39, 0.29) is 5.78 Å². The van der Waals surface area contributed by atoms with Gasteiger partial charge in [-0.05, 0) is 71.8 Å². The van der Waals surface area contributed by atoms with Crippen LogP contribution in [0.5, 0.6) is 0 Å². The number of allylic oxidation sites excluding steroid dienone is 2. The maximum absolute atomic E-state index is 11.7. The van der Waals surface area contributed by atoms with Gasteiger partial charge in [-0.3, -0.25) is 9.78 Å². The topological polar surface area (TPSA) is 43.1 Å². The Kier molecular flexibility index (Phi) is 3.66. The van der Waals surface area contributed by atoms with Crippen LogP contribution in [0.4, 0.5) is 0 Å². The molecule has 2 aromatic heterocycles. The average Bonchev–Trinajstić information content (AvgIpc) is 3.36. The quantitative estimate of drug-likeness (QED) is 0.331. The number of carbonyl (C=O) groups is 1. The highest BCUT2D eigenvalue weighted by molar-refractivity contribution is 6.12. The molecule has 0 saturated carbocycles. The van der Waals surface area contributed by atoms with E-state index >= 15 is 0 Å². The number of hydrogen-bond acceptors (Lipinski definition) is 3. The van der Waals surface area contributed by atoms with E-state index in [0.717, 1.165) is 61.5 Å². The second-order valence-corrected chi connectivity index (χ2v) is 8.02. The van der Waals surface area contributed by atoms with Gasteiger partial charge in [0, 0.05) is 34.3 Å². The second-order valence-electron chi connectivity index (χ2n) is 8.02. The summed E-state index contributed by atoms with van der Waals surface area (Å²) in [6.45, 7) is 2.11. The number of carbonyl (C=O) groups excluding carboxylic acids is 1. The maximum Gasteiger partial charge on any atom is 0.156 e. The SMILES string of the molecule is Cc1cc(-c2nccc3cc(C4=CC(=O)CC4)ccc23)c2oc3ccccc3c2c1. The van der Waals surface area contributed by atoms with Crippen molar-refractivity contribution in [2.75, 3.05) is 0 Å². The van der Waals surface area contributed by atoms with Crippen LogP contribution in [0.3, 0.4) is 0 Å². The van der Waals surface area contributed by atoms with E-state index < -0.39 is 0 Å². The molecule has 0 bridgehead atoms. The van der Waals surface area contributed by atoms with Gasteiger partial charge in [0.25, 0.3) is 0 Å². The zero-order valence-corrected chi connectivity index (χ0v) is 16.6. The fraction of sp³-hybridized carbons (Fsp3) is 0.111. The van der Waals surface area contributed by atoms with E-state index in [0.29, 0.717) is 6.42 Å². The fourth-order valence-electron chi connectivity index (χ4n) is 4.56. The Morgan fingerprint density at radius 2 is 1.80 bits per heavy atom. The summed E-state index contributed by atoms with van der Waals surface area (Å²) in [6, 6.07) is 20.9. The van der Waals surface area contributed by atoms with Gasteiger partial charge in [-0.25, -0.2) is 0 Å². The van der Waals surface area contributed by atoms with Crippen molar-refractivity contribution >= 4 is 44.1 Å². The van der Waals surface area contributed by atoms with Gasteiger partial charge in [-0.1, -0.05) is 30.3 Å². The third-order valence-electron chi connectivity index (χ3n) is 5.99. The smallest absolute Gasteiger partial charge is 0.156 e. The van der Waals surface area contributed by atoms with Crippen molar-refractivity contribution in [3.8, 4) is 11.3 Å². The minimum atomic E-state index is 0.215. The molecule has 5 aromatic rings. The molecule has 1 aliphatic carbocycles. The Bertz CT molecular complexity index is 1520. The van der Waals surface area contributed by atoms with Crippen LogP contribution in [0.2, 0.25) is 0 Å². The number of pyridine rings is 1. The lowest BCUT2D eigenvalue weighted by atomic mass is 9.96. The molecule has 6 rings (SSSR count). The molecule has 3 nitrogen and oxygen atoms in total. The van der Waals surface area contributed by atoms with Crippen molar-refractivity contribution in [3.05, 3.63) is 84.1 Å². The number of nitrogens with zero attached hydrogens (tertiary/aromatic N) is 1. The van der Waals surface area contributed by atoms with Gasteiger partial charge in [0.05, 0.1) is 5.69 Å². The summed E-state index contributed by atoms with van der Waals surface area (Å²) in [5.41, 5.74) is 7.10. The molecule has 3 heteroatoms. The van der Waals surface area contributed by atoms with E-state index in [2.05, 4.69) is 43.3 Å². The molecule has 0 radical (unpaired) electrons. The first-order valence-corrected chi connectivity index (χ1v) is 10.2. The Morgan fingerprint density at radius 1 is 0.900 bits per heavy atom. The van der Waals surface area contributed by atoms with E-state index in [1.165, 1.54) is 5.56 Å². The molecule has 0 saturated heterocycles. The van der Waals surface area contributed by atoms with Crippen LogP contribution in [0.15, 0.2) is 77.4 Å². The molecule has 30 heavy (non-hydrogen) atoms. The summed E-state index contributed by atoms with van der Waals surface area (Å²) < 4.78 is 6.27. The molecular formula is C27H19NO2. The largest absolute Gasteiger partial charge is 0.455 e. The number of fused-ring (bicyclic) bond motifs is 4. The van der Waals surface area contributed by atoms with E-state index in [1.54, 1.807) is 6.08 Å². The minimum Gasteiger partial charge on any atom is -0.455 e. The number of hydrogen-bond donors (Lipinski definition) is 0. The summed E-state index contributed by atoms with van der Waals surface area (Å²) in [7, 11) is 0. The molecule has 0 atom stereocenters. The monoisotopic (exact) mass is 389 g/mol. The lowest BCUT2D eigenvalue weighted by Crippen LogP contribution is -1.89. The molecular weight excluding hydrogens is 370 g/mol. The molecule has 0 fully saturated rings. The first-order chi connectivity index (χ1) is 14.7. The number of para-hydroxylation sites is 1. The van der Waals surface area contributed by atoms with Crippen LogP contribution in [-0.2, 0) is 4.79 Å². The normalized spacial score (nSPS) is 14.2. The van der Waals surface area contributed by atoms with Gasteiger partial charge in [0.2, 0.25) is 0 Å². The highest BCUT2D eigenvalue weighted by Crippen LogP contribution is 2.39. The number of benzene rings is 3. The Balaban J connectivity index is 1.61. The molecule has 144 valence electrons. The number of aromatic nitrogens is 1. The minimum absolute atomic E-state index is 0.215. The fourth-order valence-corrected chi connectivity index (χ4v) is 4.56. The van der Waals surface area contributed by atoms with Gasteiger partial charge >= 0.3 is 0 Å². The van der Waals surface area contributed by atoms with Gasteiger partial charge in [0.15, 0.2) is 5.78 Å². The number of rotatable bonds is 2. The summed E-state index contributed by atoms with van der Waals surface area (Å²) in [4.78, 5) is 16.4. The standard InChI is InChI=1S/C27H19NO2/c1-16-12-23-22-4-2-3-5-25(22)30-27(23)24(13-16)26-21-9-7-17(14-19(21)10-11-28-26)18-6-8-20(29)15-18/h2-5,7,9-15H,6,8H2,1H3. The van der Waals surface area contributed by atoms with Crippen LogP contribution in [0, 0.1) is 6.92 Å². The third kappa shape index (κ3) is 2.59. The van der Waals surface area contributed by atoms with Gasteiger partial charge < -0.3 is 4.42 Å². The highest BCUT2D eigenvalue weighted by Gasteiger charge is 2.17. The lowest BCUT2D eigenvalue weighted by Gasteiger charge is -2.10. The first kappa shape index (κ1) is 17.2. The van der Waals surface area contributed by atoms with Crippen molar-refractivity contribution < 1.29 is 9.21 Å². The van der Waals surface area contributed by atoms with Crippen LogP contribution in [-0.4, -0.2) is 10.8 Å². The zero-order chi connectivity index (χ0) is 20.2. The third-order valence-corrected chi connectivity index (χ3v) is 5.99. The van der Waals surface area contributed by atoms with Gasteiger partial charge in [-0.15, -0.1) is 0 Å². The molecule has 3 aromatic carbocycles. The number of aryl methyl sites for hydroxylation is 1. The van der Waals surface area contributed by atoms with Crippen molar-refractivity contribution in [3.63, 3.8) is 0 Å². The summed E-state index contributed by atoms with van der Waals surface area (Å²) in [5.74, 6) is 0.215. The Hall–Kier alpha value is -3.72. The van der Waals surface area contributed by atoms with Crippen molar-refractivity contribution in [1.82, 2.24) is 4.98 Å². The highest BCUT2D eigenvalue weighted by atomic mass is 16.3.